The molecule has 0 amide bonds. The fraction of sp³-hybridized carbons (Fsp3) is 0.267. The highest BCUT2D eigenvalue weighted by molar-refractivity contribution is 5.98. The summed E-state index contributed by atoms with van der Waals surface area (Å²) >= 11 is 0. The zero-order valence-electron chi connectivity index (χ0n) is 11.2. The summed E-state index contributed by atoms with van der Waals surface area (Å²) < 4.78 is 6.61. The molecule has 0 unspecified atom stereocenters. The third-order valence-electron chi connectivity index (χ3n) is 3.69. The number of aromatic nitrogens is 1. The molecule has 21 heavy (non-hydrogen) atoms. The molecule has 0 aliphatic heterocycles. The first kappa shape index (κ1) is 13.4. The molecule has 0 fully saturated rings. The zero-order valence-corrected chi connectivity index (χ0v) is 11.2. The third kappa shape index (κ3) is 2.29. The fourth-order valence-corrected chi connectivity index (χ4v) is 2.66. The maximum Gasteiger partial charge on any atom is 0.339 e. The van der Waals surface area contributed by atoms with E-state index in [0.29, 0.717) is 30.5 Å². The Morgan fingerprint density at radius 3 is 2.81 bits per heavy atom. The van der Waals surface area contributed by atoms with Gasteiger partial charge in [0.15, 0.2) is 5.78 Å². The van der Waals surface area contributed by atoms with Gasteiger partial charge in [-0.3, -0.25) is 9.59 Å². The van der Waals surface area contributed by atoms with E-state index in [9.17, 15) is 14.4 Å². The van der Waals surface area contributed by atoms with Crippen molar-refractivity contribution >= 4 is 11.8 Å². The number of fused-ring (bicyclic) bond motifs is 1. The number of aromatic carboxylic acids is 1. The van der Waals surface area contributed by atoms with E-state index in [0.717, 1.165) is 0 Å². The van der Waals surface area contributed by atoms with Crippen LogP contribution in [-0.2, 0) is 13.0 Å². The number of carbonyl (C=O) groups excluding carboxylic acids is 1. The molecule has 2 aromatic rings. The van der Waals surface area contributed by atoms with Crippen LogP contribution in [0.3, 0.4) is 0 Å². The maximum absolute atomic E-state index is 12.1. The normalized spacial score (nSPS) is 14.0. The van der Waals surface area contributed by atoms with E-state index in [4.69, 9.17) is 9.52 Å². The summed E-state index contributed by atoms with van der Waals surface area (Å²) in [6.45, 7) is 0.0178. The molecular weight excluding hydrogens is 274 g/mol. The second kappa shape index (κ2) is 5.05. The fourth-order valence-electron chi connectivity index (χ4n) is 2.66. The number of ketones is 1. The van der Waals surface area contributed by atoms with Gasteiger partial charge in [0.05, 0.1) is 12.8 Å². The largest absolute Gasteiger partial charge is 0.478 e. The standard InChI is InChI=1S/C15H13NO5/c17-12-3-1-2-11-9(12)4-5-14(18)16(11)8-13-10(15(19)20)6-7-21-13/h4-7H,1-3,8H2,(H,19,20). The first-order chi connectivity index (χ1) is 10.1. The van der Waals surface area contributed by atoms with Gasteiger partial charge in [0.1, 0.15) is 11.3 Å². The zero-order chi connectivity index (χ0) is 15.0. The average molecular weight is 287 g/mol. The Balaban J connectivity index is 2.09. The molecule has 0 aromatic carbocycles. The van der Waals surface area contributed by atoms with Gasteiger partial charge in [-0.25, -0.2) is 4.79 Å². The molecule has 0 radical (unpaired) electrons. The molecule has 6 nitrogen and oxygen atoms in total. The Labute approximate surface area is 119 Å². The van der Waals surface area contributed by atoms with E-state index in [1.807, 2.05) is 0 Å². The molecule has 108 valence electrons. The van der Waals surface area contributed by atoms with Crippen LogP contribution in [0.2, 0.25) is 0 Å². The number of carbonyl (C=O) groups is 2. The second-order valence-electron chi connectivity index (χ2n) is 4.96. The molecule has 1 aliphatic rings. The molecule has 1 aliphatic carbocycles. The number of nitrogens with zero attached hydrogens (tertiary/aromatic N) is 1. The average Bonchev–Trinajstić information content (AvgIpc) is 2.91. The highest BCUT2D eigenvalue weighted by Gasteiger charge is 2.22. The number of hydrogen-bond acceptors (Lipinski definition) is 4. The quantitative estimate of drug-likeness (QED) is 0.928. The van der Waals surface area contributed by atoms with Crippen molar-refractivity contribution in [3.8, 4) is 0 Å². The van der Waals surface area contributed by atoms with Crippen LogP contribution in [0, 0.1) is 0 Å². The van der Waals surface area contributed by atoms with Crippen molar-refractivity contribution in [1.29, 1.82) is 0 Å². The smallest absolute Gasteiger partial charge is 0.339 e. The molecule has 0 saturated carbocycles. The van der Waals surface area contributed by atoms with Crippen LogP contribution in [0.15, 0.2) is 33.7 Å². The molecular formula is C15H13NO5. The van der Waals surface area contributed by atoms with E-state index in [2.05, 4.69) is 0 Å². The Kier molecular flexibility index (Phi) is 3.21. The second-order valence-corrected chi connectivity index (χ2v) is 4.96. The van der Waals surface area contributed by atoms with Crippen LogP contribution in [-0.4, -0.2) is 21.4 Å². The van der Waals surface area contributed by atoms with Gasteiger partial charge in [-0.15, -0.1) is 0 Å². The number of Topliss-reactive ketones (excluding diaryl/α,β-unsaturated/α-hetero) is 1. The minimum absolute atomic E-state index is 0.0166. The Morgan fingerprint density at radius 2 is 2.05 bits per heavy atom. The lowest BCUT2D eigenvalue weighted by molar-refractivity contribution is 0.0693. The number of pyridine rings is 1. The molecule has 3 rings (SSSR count). The summed E-state index contributed by atoms with van der Waals surface area (Å²) in [4.78, 5) is 35.1. The van der Waals surface area contributed by atoms with E-state index >= 15 is 0 Å². The van der Waals surface area contributed by atoms with E-state index in [1.54, 1.807) is 6.07 Å². The molecule has 1 N–H and O–H groups in total. The maximum atomic E-state index is 12.1. The summed E-state index contributed by atoms with van der Waals surface area (Å²) in [5.74, 6) is -0.883. The monoisotopic (exact) mass is 287 g/mol. The molecule has 0 spiro atoms. The molecule has 0 bridgehead atoms. The minimum Gasteiger partial charge on any atom is -0.478 e. The van der Waals surface area contributed by atoms with Crippen LogP contribution in [0.25, 0.3) is 0 Å². The number of furan rings is 1. The topological polar surface area (TPSA) is 89.5 Å². The van der Waals surface area contributed by atoms with Crippen molar-refractivity contribution in [2.24, 2.45) is 0 Å². The number of carboxylic acids is 1. The van der Waals surface area contributed by atoms with Gasteiger partial charge < -0.3 is 14.1 Å². The SMILES string of the molecule is O=C(O)c1ccoc1Cn1c2c(ccc1=O)C(=O)CCC2. The van der Waals surface area contributed by atoms with Gasteiger partial charge >= 0.3 is 5.97 Å². The Morgan fingerprint density at radius 1 is 1.24 bits per heavy atom. The lowest BCUT2D eigenvalue weighted by Crippen LogP contribution is -2.28. The van der Waals surface area contributed by atoms with Gasteiger partial charge in [-0.2, -0.15) is 0 Å². The van der Waals surface area contributed by atoms with Crippen LogP contribution < -0.4 is 5.56 Å². The number of rotatable bonds is 3. The van der Waals surface area contributed by atoms with E-state index < -0.39 is 5.97 Å². The third-order valence-corrected chi connectivity index (χ3v) is 3.69. The number of carboxylic acid groups (broad SMARTS) is 1. The van der Waals surface area contributed by atoms with Gasteiger partial charge in [-0.1, -0.05) is 0 Å². The summed E-state index contributed by atoms with van der Waals surface area (Å²) in [5, 5.41) is 9.08. The first-order valence-corrected chi connectivity index (χ1v) is 6.63. The van der Waals surface area contributed by atoms with Crippen molar-refractivity contribution in [3.63, 3.8) is 0 Å². The van der Waals surface area contributed by atoms with E-state index in [1.165, 1.54) is 23.0 Å². The van der Waals surface area contributed by atoms with E-state index in [-0.39, 0.29) is 29.2 Å². The first-order valence-electron chi connectivity index (χ1n) is 6.63. The summed E-state index contributed by atoms with van der Waals surface area (Å²) in [6.07, 6.45) is 3.08. The van der Waals surface area contributed by atoms with Gasteiger partial charge in [0.2, 0.25) is 0 Å². The minimum atomic E-state index is -1.10. The highest BCUT2D eigenvalue weighted by atomic mass is 16.4. The predicted molar refractivity (Wildman–Crippen MR) is 72.7 cm³/mol. The molecule has 0 atom stereocenters. The van der Waals surface area contributed by atoms with Crippen molar-refractivity contribution in [3.05, 3.63) is 57.4 Å². The Hall–Kier alpha value is -2.63. The van der Waals surface area contributed by atoms with Crippen LogP contribution in [0.4, 0.5) is 0 Å². The summed E-state index contributed by atoms with van der Waals surface area (Å²) in [5.41, 5.74) is 0.966. The molecule has 6 heteroatoms. The van der Waals surface area contributed by atoms with Crippen molar-refractivity contribution in [2.45, 2.75) is 25.8 Å². The van der Waals surface area contributed by atoms with Crippen LogP contribution >= 0.6 is 0 Å². The molecule has 2 aromatic heterocycles. The lowest BCUT2D eigenvalue weighted by atomic mass is 9.94. The lowest BCUT2D eigenvalue weighted by Gasteiger charge is -2.19. The molecule has 0 saturated heterocycles. The van der Waals surface area contributed by atoms with Crippen LogP contribution in [0.1, 0.15) is 45.0 Å². The predicted octanol–water partition coefficient (Wildman–Crippen LogP) is 1.71. The summed E-state index contributed by atoms with van der Waals surface area (Å²) in [6, 6.07) is 4.24. The summed E-state index contributed by atoms with van der Waals surface area (Å²) in [7, 11) is 0. The highest BCUT2D eigenvalue weighted by Crippen LogP contribution is 2.21. The van der Waals surface area contributed by atoms with Crippen molar-refractivity contribution in [2.75, 3.05) is 0 Å². The van der Waals surface area contributed by atoms with Crippen molar-refractivity contribution in [1.82, 2.24) is 4.57 Å². The van der Waals surface area contributed by atoms with Gasteiger partial charge in [-0.05, 0) is 25.0 Å². The van der Waals surface area contributed by atoms with Gasteiger partial charge in [0.25, 0.3) is 5.56 Å². The van der Waals surface area contributed by atoms with Crippen LogP contribution in [0.5, 0.6) is 0 Å². The molecule has 2 heterocycles. The van der Waals surface area contributed by atoms with Gasteiger partial charge in [0, 0.05) is 23.7 Å². The van der Waals surface area contributed by atoms with Crippen molar-refractivity contribution < 1.29 is 19.1 Å². The number of hydrogen-bond donors (Lipinski definition) is 1. The Bertz CT molecular complexity index is 784.